The normalized spacial score (nSPS) is 10.4. The first-order valence-electron chi connectivity index (χ1n) is 5.25. The van der Waals surface area contributed by atoms with Crippen molar-refractivity contribution < 1.29 is 9.53 Å². The van der Waals surface area contributed by atoms with E-state index in [1.54, 1.807) is 26.0 Å². The average Bonchev–Trinajstić information content (AvgIpc) is 2.77. The first kappa shape index (κ1) is 12.0. The summed E-state index contributed by atoms with van der Waals surface area (Å²) in [5.41, 5.74) is 1.64. The quantitative estimate of drug-likeness (QED) is 0.775. The molecule has 0 atom stereocenters. The first-order chi connectivity index (χ1) is 8.56. The van der Waals surface area contributed by atoms with E-state index in [1.165, 1.54) is 7.11 Å². The smallest absolute Gasteiger partial charge is 0.365 e. The molecule has 0 spiro atoms. The predicted octanol–water partition coefficient (Wildman–Crippen LogP) is 0.359. The van der Waals surface area contributed by atoms with E-state index in [4.69, 9.17) is 4.74 Å². The summed E-state index contributed by atoms with van der Waals surface area (Å²) in [5.74, 6) is -0.513. The standard InChI is InChI=1S/C11H12N4O3/c1-6-4-5-7(2)9(8(6)10(16)18-3)15-11(17)12-13-14-15/h4-5H,1-3H3,(H,12,14,17). The predicted molar refractivity (Wildman–Crippen MR) is 62.8 cm³/mol. The van der Waals surface area contributed by atoms with Crippen molar-refractivity contribution in [2.24, 2.45) is 0 Å². The van der Waals surface area contributed by atoms with Crippen molar-refractivity contribution in [1.82, 2.24) is 20.2 Å². The number of ether oxygens (including phenoxy) is 1. The second kappa shape index (κ2) is 4.44. The van der Waals surface area contributed by atoms with Crippen LogP contribution in [0.1, 0.15) is 21.5 Å². The van der Waals surface area contributed by atoms with Gasteiger partial charge < -0.3 is 4.74 Å². The van der Waals surface area contributed by atoms with Crippen molar-refractivity contribution in [1.29, 1.82) is 0 Å². The lowest BCUT2D eigenvalue weighted by Crippen LogP contribution is -2.21. The molecule has 7 nitrogen and oxygen atoms in total. The van der Waals surface area contributed by atoms with Gasteiger partial charge in [-0.2, -0.15) is 4.68 Å². The number of carbonyl (C=O) groups excluding carboxylic acids is 1. The number of hydrogen-bond acceptors (Lipinski definition) is 5. The van der Waals surface area contributed by atoms with Crippen LogP contribution in [0.3, 0.4) is 0 Å². The van der Waals surface area contributed by atoms with Crippen LogP contribution in [0.4, 0.5) is 0 Å². The Bertz CT molecular complexity index is 657. The minimum Gasteiger partial charge on any atom is -0.465 e. The minimum absolute atomic E-state index is 0.313. The molecule has 0 amide bonds. The number of esters is 1. The zero-order chi connectivity index (χ0) is 13.3. The number of tetrazole rings is 1. The molecule has 94 valence electrons. The van der Waals surface area contributed by atoms with Crippen LogP contribution in [-0.2, 0) is 4.74 Å². The number of hydrogen-bond donors (Lipinski definition) is 1. The lowest BCUT2D eigenvalue weighted by atomic mass is 10.0. The molecule has 1 heterocycles. The third-order valence-corrected chi connectivity index (χ3v) is 2.66. The fourth-order valence-electron chi connectivity index (χ4n) is 1.77. The van der Waals surface area contributed by atoms with E-state index in [0.29, 0.717) is 16.8 Å². The van der Waals surface area contributed by atoms with E-state index < -0.39 is 11.7 Å². The Balaban J connectivity index is 2.81. The van der Waals surface area contributed by atoms with Gasteiger partial charge in [-0.25, -0.2) is 14.7 Å². The zero-order valence-electron chi connectivity index (χ0n) is 10.2. The van der Waals surface area contributed by atoms with E-state index in [-0.39, 0.29) is 0 Å². The van der Waals surface area contributed by atoms with Gasteiger partial charge in [0.05, 0.1) is 18.4 Å². The number of carbonyl (C=O) groups is 1. The van der Waals surface area contributed by atoms with Crippen LogP contribution < -0.4 is 5.69 Å². The number of aromatic nitrogens is 4. The molecule has 18 heavy (non-hydrogen) atoms. The molecule has 0 bridgehead atoms. The molecule has 1 aromatic heterocycles. The van der Waals surface area contributed by atoms with E-state index in [1.807, 2.05) is 0 Å². The fraction of sp³-hybridized carbons (Fsp3) is 0.273. The topological polar surface area (TPSA) is 89.9 Å². The second-order valence-corrected chi connectivity index (χ2v) is 3.83. The van der Waals surface area contributed by atoms with Gasteiger partial charge in [-0.15, -0.1) is 0 Å². The van der Waals surface area contributed by atoms with Gasteiger partial charge >= 0.3 is 11.7 Å². The minimum atomic E-state index is -0.513. The monoisotopic (exact) mass is 248 g/mol. The summed E-state index contributed by atoms with van der Waals surface area (Å²) in [4.78, 5) is 23.4. The molecule has 1 N–H and O–H groups in total. The molecule has 2 rings (SSSR count). The molecular formula is C11H12N4O3. The van der Waals surface area contributed by atoms with Crippen LogP contribution in [0.5, 0.6) is 0 Å². The molecule has 0 unspecified atom stereocenters. The maximum atomic E-state index is 11.8. The summed E-state index contributed by atoms with van der Waals surface area (Å²) >= 11 is 0. The molecular weight excluding hydrogens is 236 g/mol. The van der Waals surface area contributed by atoms with E-state index in [0.717, 1.165) is 10.2 Å². The molecule has 7 heteroatoms. The Labute approximate surface area is 102 Å². The highest BCUT2D eigenvalue weighted by atomic mass is 16.5. The Morgan fingerprint density at radius 1 is 1.33 bits per heavy atom. The van der Waals surface area contributed by atoms with Gasteiger partial charge in [0, 0.05) is 0 Å². The Kier molecular flexibility index (Phi) is 2.97. The van der Waals surface area contributed by atoms with Gasteiger partial charge in [0.15, 0.2) is 0 Å². The maximum Gasteiger partial charge on any atom is 0.365 e. The highest BCUT2D eigenvalue weighted by Crippen LogP contribution is 2.21. The molecule has 0 aliphatic rings. The number of nitrogens with zero attached hydrogens (tertiary/aromatic N) is 3. The number of aryl methyl sites for hydroxylation is 2. The van der Waals surface area contributed by atoms with E-state index in [2.05, 4.69) is 15.5 Å². The average molecular weight is 248 g/mol. The molecule has 0 aliphatic carbocycles. The SMILES string of the molecule is COC(=O)c1c(C)ccc(C)c1-n1nn[nH]c1=O. The van der Waals surface area contributed by atoms with Crippen molar-refractivity contribution in [3.63, 3.8) is 0 Å². The van der Waals surface area contributed by atoms with Gasteiger partial charge in [0.25, 0.3) is 0 Å². The van der Waals surface area contributed by atoms with Crippen LogP contribution in [-0.4, -0.2) is 33.3 Å². The maximum absolute atomic E-state index is 11.8. The van der Waals surface area contributed by atoms with Gasteiger partial charge in [0.1, 0.15) is 0 Å². The number of nitrogens with one attached hydrogen (secondary N) is 1. The summed E-state index contributed by atoms with van der Waals surface area (Å²) in [6.45, 7) is 3.54. The molecule has 2 aromatic rings. The van der Waals surface area contributed by atoms with Crippen molar-refractivity contribution >= 4 is 5.97 Å². The summed E-state index contributed by atoms with van der Waals surface area (Å²) in [6.07, 6.45) is 0. The summed E-state index contributed by atoms with van der Waals surface area (Å²) < 4.78 is 5.79. The van der Waals surface area contributed by atoms with Crippen LogP contribution >= 0.6 is 0 Å². The van der Waals surface area contributed by atoms with Crippen molar-refractivity contribution in [2.75, 3.05) is 7.11 Å². The lowest BCUT2D eigenvalue weighted by Gasteiger charge is -2.12. The molecule has 1 aromatic carbocycles. The first-order valence-corrected chi connectivity index (χ1v) is 5.25. The van der Waals surface area contributed by atoms with Gasteiger partial charge in [-0.1, -0.05) is 12.1 Å². The third kappa shape index (κ3) is 1.79. The molecule has 0 aliphatic heterocycles. The largest absolute Gasteiger partial charge is 0.465 e. The Morgan fingerprint density at radius 2 is 2.00 bits per heavy atom. The van der Waals surface area contributed by atoms with Crippen molar-refractivity contribution in [2.45, 2.75) is 13.8 Å². The number of rotatable bonds is 2. The Hall–Kier alpha value is -2.44. The summed E-state index contributed by atoms with van der Waals surface area (Å²) in [5, 5.41) is 9.27. The van der Waals surface area contributed by atoms with E-state index >= 15 is 0 Å². The Morgan fingerprint density at radius 3 is 2.56 bits per heavy atom. The number of H-pyrrole nitrogens is 1. The molecule has 0 radical (unpaired) electrons. The van der Waals surface area contributed by atoms with Crippen LogP contribution in [0.25, 0.3) is 5.69 Å². The van der Waals surface area contributed by atoms with Crippen molar-refractivity contribution in [3.05, 3.63) is 39.3 Å². The highest BCUT2D eigenvalue weighted by Gasteiger charge is 2.20. The molecule has 0 fully saturated rings. The zero-order valence-corrected chi connectivity index (χ0v) is 10.2. The summed E-state index contributed by atoms with van der Waals surface area (Å²) in [7, 11) is 1.29. The van der Waals surface area contributed by atoms with Crippen LogP contribution in [0.2, 0.25) is 0 Å². The number of methoxy groups -OCH3 is 1. The van der Waals surface area contributed by atoms with Gasteiger partial charge in [-0.3, -0.25) is 0 Å². The molecule has 0 saturated heterocycles. The van der Waals surface area contributed by atoms with Crippen molar-refractivity contribution in [3.8, 4) is 5.69 Å². The molecule has 0 saturated carbocycles. The highest BCUT2D eigenvalue weighted by molar-refractivity contribution is 5.95. The number of aromatic amines is 1. The van der Waals surface area contributed by atoms with Gasteiger partial charge in [-0.05, 0) is 35.4 Å². The summed E-state index contributed by atoms with van der Waals surface area (Å²) in [6, 6.07) is 3.59. The fourth-order valence-corrected chi connectivity index (χ4v) is 1.77. The van der Waals surface area contributed by atoms with Crippen LogP contribution in [0, 0.1) is 13.8 Å². The van der Waals surface area contributed by atoms with Gasteiger partial charge in [0.2, 0.25) is 0 Å². The van der Waals surface area contributed by atoms with Crippen LogP contribution in [0.15, 0.2) is 16.9 Å². The number of benzene rings is 1. The second-order valence-electron chi connectivity index (χ2n) is 3.83. The third-order valence-electron chi connectivity index (χ3n) is 2.66. The lowest BCUT2D eigenvalue weighted by molar-refractivity contribution is 0.0599. The van der Waals surface area contributed by atoms with E-state index in [9.17, 15) is 9.59 Å².